The summed E-state index contributed by atoms with van der Waals surface area (Å²) in [6, 6.07) is 7.59. The molecule has 8 nitrogen and oxygen atoms in total. The molecule has 0 aliphatic carbocycles. The van der Waals surface area contributed by atoms with Crippen molar-refractivity contribution >= 4 is 24.0 Å². The largest absolute Gasteiger partial charge is 0.378 e. The van der Waals surface area contributed by atoms with Gasteiger partial charge < -0.3 is 15.0 Å². The Bertz CT molecular complexity index is 517. The van der Waals surface area contributed by atoms with E-state index in [-0.39, 0.29) is 6.54 Å². The molecular formula is C14H17N4O4. The molecule has 0 bridgehead atoms. The van der Waals surface area contributed by atoms with E-state index in [1.807, 2.05) is 0 Å². The number of carbonyl (C=O) groups excluding carboxylic acids is 3. The van der Waals surface area contributed by atoms with Crippen LogP contribution < -0.4 is 15.8 Å². The Morgan fingerprint density at radius 3 is 2.55 bits per heavy atom. The molecule has 1 aromatic rings. The van der Waals surface area contributed by atoms with E-state index in [9.17, 15) is 14.4 Å². The van der Waals surface area contributed by atoms with Crippen molar-refractivity contribution < 1.29 is 19.1 Å². The van der Waals surface area contributed by atoms with Gasteiger partial charge in [0, 0.05) is 13.1 Å². The molecule has 2 N–H and O–H groups in total. The lowest BCUT2D eigenvalue weighted by molar-refractivity contribution is 0.0532. The van der Waals surface area contributed by atoms with Crippen molar-refractivity contribution in [1.82, 2.24) is 15.6 Å². The summed E-state index contributed by atoms with van der Waals surface area (Å²) in [6.45, 7) is 1.59. The van der Waals surface area contributed by atoms with Crippen molar-refractivity contribution in [2.75, 3.05) is 37.9 Å². The van der Waals surface area contributed by atoms with Crippen LogP contribution in [0.15, 0.2) is 30.3 Å². The monoisotopic (exact) mass is 305 g/mol. The highest BCUT2D eigenvalue weighted by Crippen LogP contribution is 2.11. The first-order valence-electron chi connectivity index (χ1n) is 6.83. The van der Waals surface area contributed by atoms with Gasteiger partial charge in [-0.3, -0.25) is 4.79 Å². The smallest absolute Gasteiger partial charge is 0.341 e. The van der Waals surface area contributed by atoms with Gasteiger partial charge in [-0.25, -0.2) is 20.0 Å². The maximum atomic E-state index is 12.2. The lowest BCUT2D eigenvalue weighted by Gasteiger charge is -2.30. The highest BCUT2D eigenvalue weighted by atomic mass is 16.5. The summed E-state index contributed by atoms with van der Waals surface area (Å²) in [4.78, 5) is 36.1. The second kappa shape index (κ2) is 7.99. The first-order valence-corrected chi connectivity index (χ1v) is 6.83. The van der Waals surface area contributed by atoms with Crippen molar-refractivity contribution in [3.05, 3.63) is 30.3 Å². The molecule has 1 fully saturated rings. The molecule has 8 heteroatoms. The van der Waals surface area contributed by atoms with Crippen LogP contribution >= 0.6 is 0 Å². The fraction of sp³-hybridized carbons (Fsp3) is 0.357. The summed E-state index contributed by atoms with van der Waals surface area (Å²) in [5.74, 6) is 0. The van der Waals surface area contributed by atoms with Gasteiger partial charge in [0.05, 0.1) is 25.4 Å². The van der Waals surface area contributed by atoms with E-state index in [4.69, 9.17) is 4.74 Å². The van der Waals surface area contributed by atoms with Gasteiger partial charge in [0.25, 0.3) is 0 Å². The van der Waals surface area contributed by atoms with E-state index >= 15 is 0 Å². The highest BCUT2D eigenvalue weighted by Gasteiger charge is 2.22. The molecule has 4 amide bonds. The van der Waals surface area contributed by atoms with E-state index < -0.39 is 12.1 Å². The van der Waals surface area contributed by atoms with Crippen LogP contribution in [0, 0.1) is 0 Å². The second-order valence-electron chi connectivity index (χ2n) is 4.49. The molecular weight excluding hydrogens is 288 g/mol. The number of hydrogen-bond donors (Lipinski definition) is 2. The molecule has 0 saturated carbocycles. The Labute approximate surface area is 128 Å². The summed E-state index contributed by atoms with van der Waals surface area (Å²) in [6.07, 6.45) is 1.57. The third kappa shape index (κ3) is 4.19. The standard InChI is InChI=1S/C14H17N4O4/c19-9-6-15-13(20)18(12-4-2-1-3-5-12)16-14(21)17-7-10-22-11-8-17/h1-5H,6-8,10-11H2,(H,15,20)(H,16,21). The van der Waals surface area contributed by atoms with Crippen molar-refractivity contribution in [3.8, 4) is 0 Å². The van der Waals surface area contributed by atoms with Crippen LogP contribution in [-0.4, -0.2) is 56.1 Å². The SMILES string of the molecule is O=[C]CNC(=O)N(NC(=O)N1CCOCC1)c1ccccc1. The number of anilines is 1. The maximum Gasteiger partial charge on any atom is 0.341 e. The molecule has 1 saturated heterocycles. The Morgan fingerprint density at radius 2 is 1.91 bits per heavy atom. The Kier molecular flexibility index (Phi) is 5.73. The van der Waals surface area contributed by atoms with Crippen molar-refractivity contribution in [1.29, 1.82) is 0 Å². The van der Waals surface area contributed by atoms with Gasteiger partial charge in [0.2, 0.25) is 6.29 Å². The lowest BCUT2D eigenvalue weighted by Crippen LogP contribution is -2.56. The molecule has 0 unspecified atom stereocenters. The predicted molar refractivity (Wildman–Crippen MR) is 78.9 cm³/mol. The molecule has 1 radical (unpaired) electrons. The van der Waals surface area contributed by atoms with Gasteiger partial charge in [-0.15, -0.1) is 0 Å². The number of rotatable bonds is 3. The van der Waals surface area contributed by atoms with Crippen LogP contribution in [0.3, 0.4) is 0 Å². The average molecular weight is 305 g/mol. The van der Waals surface area contributed by atoms with Gasteiger partial charge in [-0.05, 0) is 12.1 Å². The van der Waals surface area contributed by atoms with E-state index in [1.165, 1.54) is 0 Å². The summed E-state index contributed by atoms with van der Waals surface area (Å²) >= 11 is 0. The summed E-state index contributed by atoms with van der Waals surface area (Å²) < 4.78 is 5.18. The zero-order valence-corrected chi connectivity index (χ0v) is 11.9. The first-order chi connectivity index (χ1) is 10.7. The minimum Gasteiger partial charge on any atom is -0.378 e. The summed E-state index contributed by atoms with van der Waals surface area (Å²) in [5.41, 5.74) is 3.01. The van der Waals surface area contributed by atoms with Crippen molar-refractivity contribution in [2.24, 2.45) is 0 Å². The minimum absolute atomic E-state index is 0.254. The molecule has 0 aromatic heterocycles. The molecule has 1 aromatic carbocycles. The predicted octanol–water partition coefficient (Wildman–Crippen LogP) is 0.269. The first kappa shape index (κ1) is 15.8. The number of nitrogens with zero attached hydrogens (tertiary/aromatic N) is 2. The van der Waals surface area contributed by atoms with Gasteiger partial charge in [0.1, 0.15) is 0 Å². The van der Waals surface area contributed by atoms with Crippen molar-refractivity contribution in [2.45, 2.75) is 0 Å². The number of hydrogen-bond acceptors (Lipinski definition) is 4. The average Bonchev–Trinajstić information content (AvgIpc) is 2.59. The number of benzene rings is 1. The van der Waals surface area contributed by atoms with Gasteiger partial charge in [0.15, 0.2) is 0 Å². The molecule has 2 rings (SSSR count). The van der Waals surface area contributed by atoms with Crippen LogP contribution in [-0.2, 0) is 9.53 Å². The number of ether oxygens (including phenoxy) is 1. The number of amides is 4. The summed E-state index contributed by atoms with van der Waals surface area (Å²) in [7, 11) is 0. The third-order valence-corrected chi connectivity index (χ3v) is 3.04. The number of morpholine rings is 1. The van der Waals surface area contributed by atoms with Crippen LogP contribution in [0.4, 0.5) is 15.3 Å². The van der Waals surface area contributed by atoms with E-state index in [0.717, 1.165) is 5.01 Å². The fourth-order valence-electron chi connectivity index (χ4n) is 1.93. The van der Waals surface area contributed by atoms with Gasteiger partial charge in [-0.1, -0.05) is 18.2 Å². The zero-order valence-electron chi connectivity index (χ0n) is 11.9. The zero-order chi connectivity index (χ0) is 15.8. The molecule has 1 aliphatic rings. The minimum atomic E-state index is -0.615. The Hall–Kier alpha value is -2.61. The Balaban J connectivity index is 2.08. The maximum absolute atomic E-state index is 12.2. The van der Waals surface area contributed by atoms with Gasteiger partial charge >= 0.3 is 12.1 Å². The summed E-state index contributed by atoms with van der Waals surface area (Å²) in [5, 5.41) is 3.41. The molecule has 117 valence electrons. The topological polar surface area (TPSA) is 91.0 Å². The molecule has 22 heavy (non-hydrogen) atoms. The number of urea groups is 2. The Morgan fingerprint density at radius 1 is 1.23 bits per heavy atom. The van der Waals surface area contributed by atoms with E-state index in [0.29, 0.717) is 32.0 Å². The number of carbonyl (C=O) groups is 2. The number of hydrazine groups is 1. The lowest BCUT2D eigenvalue weighted by atomic mass is 10.3. The quantitative estimate of drug-likeness (QED) is 0.784. The van der Waals surface area contributed by atoms with Crippen LogP contribution in [0.25, 0.3) is 0 Å². The third-order valence-electron chi connectivity index (χ3n) is 3.04. The van der Waals surface area contributed by atoms with E-state index in [2.05, 4.69) is 10.7 Å². The number of para-hydroxylation sites is 1. The van der Waals surface area contributed by atoms with Gasteiger partial charge in [-0.2, -0.15) is 0 Å². The molecule has 1 heterocycles. The fourth-order valence-corrected chi connectivity index (χ4v) is 1.93. The molecule has 0 atom stereocenters. The molecule has 1 aliphatic heterocycles. The van der Waals surface area contributed by atoms with Crippen LogP contribution in [0.2, 0.25) is 0 Å². The van der Waals surface area contributed by atoms with Crippen LogP contribution in [0.1, 0.15) is 0 Å². The van der Waals surface area contributed by atoms with Crippen LogP contribution in [0.5, 0.6) is 0 Å². The second-order valence-corrected chi connectivity index (χ2v) is 4.49. The normalized spacial score (nSPS) is 14.1. The molecule has 0 spiro atoms. The van der Waals surface area contributed by atoms with E-state index in [1.54, 1.807) is 41.5 Å². The number of nitrogens with one attached hydrogen (secondary N) is 2. The highest BCUT2D eigenvalue weighted by molar-refractivity contribution is 5.95. The van der Waals surface area contributed by atoms with Crippen molar-refractivity contribution in [3.63, 3.8) is 0 Å².